The number of carbonyl (C=O) groups is 1. The molecule has 0 saturated carbocycles. The molecule has 116 valence electrons. The molecular weight excluding hydrogens is 256 g/mol. The van der Waals surface area contributed by atoms with Crippen molar-refractivity contribution in [1.82, 2.24) is 0 Å². The molecule has 1 N–H and O–H groups in total. The molecule has 0 aromatic heterocycles. The maximum atomic E-state index is 10.9. The van der Waals surface area contributed by atoms with E-state index in [2.05, 4.69) is 13.8 Å². The van der Waals surface area contributed by atoms with Crippen LogP contribution in [-0.4, -0.2) is 35.0 Å². The van der Waals surface area contributed by atoms with Gasteiger partial charge in [0.15, 0.2) is 0 Å². The van der Waals surface area contributed by atoms with E-state index in [0.29, 0.717) is 6.61 Å². The Balaban J connectivity index is 1.82. The van der Waals surface area contributed by atoms with E-state index in [0.717, 1.165) is 19.3 Å². The Hall–Kier alpha value is -0.610. The van der Waals surface area contributed by atoms with Gasteiger partial charge < -0.3 is 14.6 Å². The van der Waals surface area contributed by atoms with Gasteiger partial charge >= 0.3 is 5.97 Å². The van der Waals surface area contributed by atoms with E-state index in [4.69, 9.17) is 14.6 Å². The molecule has 0 aliphatic carbocycles. The van der Waals surface area contributed by atoms with Crippen LogP contribution in [0.25, 0.3) is 0 Å². The number of carboxylic acids is 1. The fourth-order valence-electron chi connectivity index (χ4n) is 3.51. The standard InChI is InChI=1S/C16H28O4/c1-3-4-5-6-7-9-15(2)13-8-10-16(20-13,12-19-15)11-14(17)18/h13H,3-12H2,1-2H3,(H,17,18). The lowest BCUT2D eigenvalue weighted by Crippen LogP contribution is -2.53. The van der Waals surface area contributed by atoms with Gasteiger partial charge in [-0.05, 0) is 26.2 Å². The number of hydrogen-bond donors (Lipinski definition) is 1. The van der Waals surface area contributed by atoms with Gasteiger partial charge in [-0.1, -0.05) is 39.0 Å². The van der Waals surface area contributed by atoms with E-state index in [-0.39, 0.29) is 18.1 Å². The van der Waals surface area contributed by atoms with E-state index in [1.165, 1.54) is 32.1 Å². The summed E-state index contributed by atoms with van der Waals surface area (Å²) in [5.74, 6) is -0.794. The number of carboxylic acid groups (broad SMARTS) is 1. The minimum Gasteiger partial charge on any atom is -0.481 e. The second-order valence-electron chi connectivity index (χ2n) is 6.66. The summed E-state index contributed by atoms with van der Waals surface area (Å²) in [5.41, 5.74) is -0.775. The van der Waals surface area contributed by atoms with Gasteiger partial charge in [-0.25, -0.2) is 0 Å². The number of ether oxygens (including phenoxy) is 2. The van der Waals surface area contributed by atoms with Gasteiger partial charge in [0.25, 0.3) is 0 Å². The first-order valence-electron chi connectivity index (χ1n) is 8.03. The van der Waals surface area contributed by atoms with Crippen molar-refractivity contribution in [3.8, 4) is 0 Å². The molecule has 3 atom stereocenters. The minimum absolute atomic E-state index is 0.0656. The van der Waals surface area contributed by atoms with Gasteiger partial charge in [0.05, 0.1) is 24.7 Å². The zero-order chi connectivity index (χ0) is 14.6. The van der Waals surface area contributed by atoms with E-state index in [9.17, 15) is 4.79 Å². The Morgan fingerprint density at radius 3 is 2.75 bits per heavy atom. The average molecular weight is 284 g/mol. The fourth-order valence-corrected chi connectivity index (χ4v) is 3.51. The predicted molar refractivity (Wildman–Crippen MR) is 76.8 cm³/mol. The lowest BCUT2D eigenvalue weighted by atomic mass is 9.90. The summed E-state index contributed by atoms with van der Waals surface area (Å²) >= 11 is 0. The lowest BCUT2D eigenvalue weighted by Gasteiger charge is -2.44. The molecule has 3 unspecified atom stereocenters. The van der Waals surface area contributed by atoms with Crippen molar-refractivity contribution in [1.29, 1.82) is 0 Å². The highest BCUT2D eigenvalue weighted by atomic mass is 16.6. The summed E-state index contributed by atoms with van der Waals surface area (Å²) in [4.78, 5) is 10.9. The van der Waals surface area contributed by atoms with E-state index in [1.807, 2.05) is 0 Å². The van der Waals surface area contributed by atoms with Crippen molar-refractivity contribution in [2.45, 2.75) is 88.9 Å². The summed E-state index contributed by atoms with van der Waals surface area (Å²) in [7, 11) is 0. The van der Waals surface area contributed by atoms with Gasteiger partial charge in [0, 0.05) is 0 Å². The lowest BCUT2D eigenvalue weighted by molar-refractivity contribution is -0.242. The van der Waals surface area contributed by atoms with Crippen molar-refractivity contribution in [2.75, 3.05) is 6.61 Å². The van der Waals surface area contributed by atoms with Crippen molar-refractivity contribution in [2.24, 2.45) is 0 Å². The minimum atomic E-state index is -0.794. The number of hydrogen-bond acceptors (Lipinski definition) is 3. The molecule has 2 heterocycles. The van der Waals surface area contributed by atoms with Gasteiger partial charge in [-0.3, -0.25) is 4.79 Å². The van der Waals surface area contributed by atoms with Gasteiger partial charge in [-0.15, -0.1) is 0 Å². The molecule has 4 nitrogen and oxygen atoms in total. The van der Waals surface area contributed by atoms with E-state index in [1.54, 1.807) is 0 Å². The quantitative estimate of drug-likeness (QED) is 0.693. The normalized spacial score (nSPS) is 36.2. The second-order valence-corrected chi connectivity index (χ2v) is 6.66. The Bertz CT molecular complexity index is 343. The zero-order valence-electron chi connectivity index (χ0n) is 12.8. The van der Waals surface area contributed by atoms with Crippen molar-refractivity contribution >= 4 is 5.97 Å². The second kappa shape index (κ2) is 6.44. The zero-order valence-corrected chi connectivity index (χ0v) is 12.8. The molecule has 20 heavy (non-hydrogen) atoms. The molecule has 2 aliphatic rings. The Morgan fingerprint density at radius 2 is 2.05 bits per heavy atom. The maximum Gasteiger partial charge on any atom is 0.306 e. The Morgan fingerprint density at radius 1 is 1.30 bits per heavy atom. The molecule has 2 aliphatic heterocycles. The largest absolute Gasteiger partial charge is 0.481 e. The molecule has 0 radical (unpaired) electrons. The number of fused-ring (bicyclic) bond motifs is 2. The first-order chi connectivity index (χ1) is 9.50. The SMILES string of the molecule is CCCCCCCC1(C)OCC2(CC(=O)O)CCC1O2. The summed E-state index contributed by atoms with van der Waals surface area (Å²) in [6, 6.07) is 0. The van der Waals surface area contributed by atoms with E-state index >= 15 is 0 Å². The smallest absolute Gasteiger partial charge is 0.306 e. The molecule has 2 rings (SSSR count). The van der Waals surface area contributed by atoms with Crippen LogP contribution in [0, 0.1) is 0 Å². The highest BCUT2D eigenvalue weighted by molar-refractivity contribution is 5.68. The Labute approximate surface area is 121 Å². The number of unbranched alkanes of at least 4 members (excludes halogenated alkanes) is 4. The molecule has 0 amide bonds. The molecule has 2 bridgehead atoms. The molecule has 0 aromatic carbocycles. The van der Waals surface area contributed by atoms with Crippen LogP contribution in [0.3, 0.4) is 0 Å². The third-order valence-electron chi connectivity index (χ3n) is 4.85. The van der Waals surface area contributed by atoms with Gasteiger partial charge in [0.2, 0.25) is 0 Å². The van der Waals surface area contributed by atoms with Crippen LogP contribution < -0.4 is 0 Å². The number of rotatable bonds is 8. The first-order valence-corrected chi connectivity index (χ1v) is 8.03. The van der Waals surface area contributed by atoms with Gasteiger partial charge in [0.1, 0.15) is 5.60 Å². The highest BCUT2D eigenvalue weighted by Gasteiger charge is 2.54. The molecule has 2 fully saturated rings. The van der Waals surface area contributed by atoms with E-state index < -0.39 is 11.6 Å². The van der Waals surface area contributed by atoms with Crippen molar-refractivity contribution in [3.63, 3.8) is 0 Å². The first kappa shape index (κ1) is 15.8. The van der Waals surface area contributed by atoms with Gasteiger partial charge in [-0.2, -0.15) is 0 Å². The van der Waals surface area contributed by atoms with Crippen molar-refractivity contribution < 1.29 is 19.4 Å². The third kappa shape index (κ3) is 3.53. The van der Waals surface area contributed by atoms with Crippen LogP contribution in [0.2, 0.25) is 0 Å². The fraction of sp³-hybridized carbons (Fsp3) is 0.938. The van der Waals surface area contributed by atoms with Crippen LogP contribution in [-0.2, 0) is 14.3 Å². The van der Waals surface area contributed by atoms with Crippen molar-refractivity contribution in [3.05, 3.63) is 0 Å². The van der Waals surface area contributed by atoms with Crippen LogP contribution in [0.4, 0.5) is 0 Å². The van der Waals surface area contributed by atoms with Crippen LogP contribution in [0.15, 0.2) is 0 Å². The topological polar surface area (TPSA) is 55.8 Å². The van der Waals surface area contributed by atoms with Crippen LogP contribution in [0.5, 0.6) is 0 Å². The molecule has 2 saturated heterocycles. The molecular formula is C16H28O4. The molecule has 0 aromatic rings. The van der Waals surface area contributed by atoms with Crippen LogP contribution in [0.1, 0.15) is 71.6 Å². The monoisotopic (exact) mass is 284 g/mol. The summed E-state index contributed by atoms with van der Waals surface area (Å²) in [6.45, 7) is 4.79. The average Bonchev–Trinajstić information content (AvgIpc) is 2.75. The summed E-state index contributed by atoms with van der Waals surface area (Å²) in [6.07, 6.45) is 9.18. The molecule has 4 heteroatoms. The maximum absolute atomic E-state index is 10.9. The van der Waals surface area contributed by atoms with Crippen LogP contribution >= 0.6 is 0 Å². The summed E-state index contributed by atoms with van der Waals surface area (Å²) in [5, 5.41) is 9.00. The molecule has 0 spiro atoms. The summed E-state index contributed by atoms with van der Waals surface area (Å²) < 4.78 is 12.2. The predicted octanol–water partition coefficient (Wildman–Crippen LogP) is 3.53. The highest BCUT2D eigenvalue weighted by Crippen LogP contribution is 2.46. The Kier molecular flexibility index (Phi) is 5.08. The number of aliphatic carboxylic acids is 1. The third-order valence-corrected chi connectivity index (χ3v) is 4.85.